The second-order valence-corrected chi connectivity index (χ2v) is 10.3. The first-order valence-corrected chi connectivity index (χ1v) is 14.0. The van der Waals surface area contributed by atoms with Crippen LogP contribution in [0.15, 0.2) is 54.6 Å². The zero-order chi connectivity index (χ0) is 34.1. The Bertz CT molecular complexity index is 1290. The van der Waals surface area contributed by atoms with Gasteiger partial charge in [-0.1, -0.05) is 42.5 Å². The van der Waals surface area contributed by atoms with Crippen LogP contribution in [0.5, 0.6) is 5.75 Å². The molecule has 0 heterocycles. The van der Waals surface area contributed by atoms with Gasteiger partial charge in [-0.25, -0.2) is 4.79 Å². The molecule has 0 aromatic heterocycles. The number of carboxylic acids is 5. The van der Waals surface area contributed by atoms with Crippen LogP contribution in [0.1, 0.15) is 11.1 Å². The molecule has 2 rings (SSSR count). The summed E-state index contributed by atoms with van der Waals surface area (Å²) >= 11 is 0. The average molecular weight is 648 g/mol. The highest BCUT2D eigenvalue weighted by molar-refractivity contribution is 5.73. The Balaban J connectivity index is 2.17. The van der Waals surface area contributed by atoms with Gasteiger partial charge in [-0.15, -0.1) is 0 Å². The Morgan fingerprint density at radius 1 is 0.609 bits per heavy atom. The van der Waals surface area contributed by atoms with Crippen LogP contribution in [0.25, 0.3) is 0 Å². The molecular weight excluding hydrogens is 610 g/mol. The Labute approximate surface area is 264 Å². The summed E-state index contributed by atoms with van der Waals surface area (Å²) in [5, 5.41) is 46.6. The second-order valence-electron chi connectivity index (χ2n) is 10.3. The molecule has 0 radical (unpaired) electrons. The van der Waals surface area contributed by atoms with Gasteiger partial charge in [0.2, 0.25) is 0 Å². The highest BCUT2D eigenvalue weighted by atomic mass is 16.6. The summed E-state index contributed by atoms with van der Waals surface area (Å²) in [5.74, 6) is -6.71. The smallest absolute Gasteiger partial charge is 0.344 e. The molecule has 46 heavy (non-hydrogen) atoms. The number of aliphatic carboxylic acids is 5. The molecule has 0 spiro atoms. The lowest BCUT2D eigenvalue weighted by Crippen LogP contribution is -2.51. The van der Waals surface area contributed by atoms with Gasteiger partial charge in [0.25, 0.3) is 0 Å². The number of benzene rings is 2. The average Bonchev–Trinajstić information content (AvgIpc) is 2.97. The van der Waals surface area contributed by atoms with Crippen molar-refractivity contribution in [1.29, 1.82) is 0 Å². The summed E-state index contributed by atoms with van der Waals surface area (Å²) in [4.78, 5) is 72.9. The van der Waals surface area contributed by atoms with Crippen LogP contribution >= 0.6 is 0 Å². The van der Waals surface area contributed by atoms with Gasteiger partial charge in [-0.05, 0) is 29.7 Å². The second kappa shape index (κ2) is 19.4. The zero-order valence-corrected chi connectivity index (χ0v) is 24.9. The summed E-state index contributed by atoms with van der Waals surface area (Å²) in [6, 6.07) is 14.6. The molecule has 0 aliphatic heterocycles. The third-order valence-corrected chi connectivity index (χ3v) is 6.47. The molecule has 2 aromatic rings. The van der Waals surface area contributed by atoms with Crippen molar-refractivity contribution in [2.75, 3.05) is 59.0 Å². The van der Waals surface area contributed by atoms with E-state index in [1.54, 1.807) is 24.3 Å². The number of hydrogen-bond acceptors (Lipinski definition) is 11. The molecule has 0 fully saturated rings. The SMILES string of the molecule is O=C(O)CN(CCN(CC(=O)O)CC(Cc1ccc(OCC(=O)OCc2ccccc2)cc1)N(CC(=O)O)CC(=O)O)CC(=O)O. The molecule has 5 N–H and O–H groups in total. The molecule has 0 amide bonds. The van der Waals surface area contributed by atoms with Crippen molar-refractivity contribution in [2.45, 2.75) is 19.1 Å². The Morgan fingerprint density at radius 3 is 1.63 bits per heavy atom. The van der Waals surface area contributed by atoms with E-state index in [9.17, 15) is 44.1 Å². The summed E-state index contributed by atoms with van der Waals surface area (Å²) in [6.45, 7) is -3.80. The van der Waals surface area contributed by atoms with E-state index in [2.05, 4.69) is 0 Å². The summed E-state index contributed by atoms with van der Waals surface area (Å²) < 4.78 is 10.7. The molecule has 250 valence electrons. The van der Waals surface area contributed by atoms with Gasteiger partial charge < -0.3 is 35.0 Å². The van der Waals surface area contributed by atoms with E-state index in [0.717, 1.165) is 10.5 Å². The molecular formula is C30H37N3O13. The van der Waals surface area contributed by atoms with E-state index < -0.39 is 74.6 Å². The van der Waals surface area contributed by atoms with Crippen molar-refractivity contribution in [3.8, 4) is 5.75 Å². The third-order valence-electron chi connectivity index (χ3n) is 6.47. The van der Waals surface area contributed by atoms with Gasteiger partial charge in [0.1, 0.15) is 12.4 Å². The lowest BCUT2D eigenvalue weighted by atomic mass is 10.0. The lowest BCUT2D eigenvalue weighted by Gasteiger charge is -2.34. The molecule has 16 nitrogen and oxygen atoms in total. The normalized spacial score (nSPS) is 11.7. The number of carboxylic acid groups (broad SMARTS) is 5. The van der Waals surface area contributed by atoms with Crippen molar-refractivity contribution < 1.29 is 63.8 Å². The third kappa shape index (κ3) is 15.6. The molecule has 0 saturated heterocycles. The topological polar surface area (TPSA) is 232 Å². The van der Waals surface area contributed by atoms with E-state index in [4.69, 9.17) is 19.7 Å². The minimum absolute atomic E-state index is 0.0735. The zero-order valence-electron chi connectivity index (χ0n) is 24.9. The Morgan fingerprint density at radius 2 is 1.11 bits per heavy atom. The van der Waals surface area contributed by atoms with Gasteiger partial charge in [-0.3, -0.25) is 38.7 Å². The van der Waals surface area contributed by atoms with E-state index in [0.29, 0.717) is 11.3 Å². The molecule has 0 aliphatic rings. The van der Waals surface area contributed by atoms with Crippen molar-refractivity contribution in [1.82, 2.24) is 14.7 Å². The van der Waals surface area contributed by atoms with E-state index in [1.165, 1.54) is 9.80 Å². The summed E-state index contributed by atoms with van der Waals surface area (Å²) in [7, 11) is 0. The van der Waals surface area contributed by atoms with E-state index in [1.807, 2.05) is 30.3 Å². The number of nitrogens with zero attached hydrogens (tertiary/aromatic N) is 3. The fourth-order valence-corrected chi connectivity index (χ4v) is 4.49. The first-order valence-electron chi connectivity index (χ1n) is 14.0. The standard InChI is InChI=1S/C30H37N3O13/c34-25(35)14-31(10-11-32(15-26(36)37)16-27(38)39)13-23(33(17-28(40)41)18-29(42)43)12-21-6-8-24(9-7-21)45-20-30(44)46-19-22-4-2-1-3-5-22/h1-9,23H,10-20H2,(H,34,35)(H,36,37)(H,38,39)(H,40,41)(H,42,43). The molecule has 16 heteroatoms. The minimum atomic E-state index is -1.31. The predicted molar refractivity (Wildman–Crippen MR) is 158 cm³/mol. The maximum Gasteiger partial charge on any atom is 0.344 e. The number of hydrogen-bond donors (Lipinski definition) is 5. The van der Waals surface area contributed by atoms with Crippen molar-refractivity contribution in [3.05, 3.63) is 65.7 Å². The minimum Gasteiger partial charge on any atom is -0.482 e. The number of carbonyl (C=O) groups is 6. The molecule has 0 bridgehead atoms. The fourth-order valence-electron chi connectivity index (χ4n) is 4.49. The number of ether oxygens (including phenoxy) is 2. The maximum absolute atomic E-state index is 12.1. The highest BCUT2D eigenvalue weighted by Crippen LogP contribution is 2.17. The van der Waals surface area contributed by atoms with Gasteiger partial charge in [0.15, 0.2) is 6.61 Å². The van der Waals surface area contributed by atoms with Crippen LogP contribution in [0.4, 0.5) is 0 Å². The Hall–Kier alpha value is -5.06. The number of rotatable bonds is 23. The predicted octanol–water partition coefficient (Wildman–Crippen LogP) is 0.0489. The molecule has 2 aromatic carbocycles. The lowest BCUT2D eigenvalue weighted by molar-refractivity contribution is -0.147. The largest absolute Gasteiger partial charge is 0.482 e. The first-order chi connectivity index (χ1) is 21.8. The van der Waals surface area contributed by atoms with Crippen LogP contribution in [0.2, 0.25) is 0 Å². The fraction of sp³-hybridized carbons (Fsp3) is 0.400. The monoisotopic (exact) mass is 647 g/mol. The quantitative estimate of drug-likeness (QED) is 0.100. The van der Waals surface area contributed by atoms with Crippen molar-refractivity contribution in [3.63, 3.8) is 0 Å². The molecule has 1 unspecified atom stereocenters. The van der Waals surface area contributed by atoms with Gasteiger partial charge >= 0.3 is 35.8 Å². The van der Waals surface area contributed by atoms with Crippen LogP contribution in [0.3, 0.4) is 0 Å². The van der Waals surface area contributed by atoms with Crippen LogP contribution < -0.4 is 4.74 Å². The number of esters is 1. The summed E-state index contributed by atoms with van der Waals surface area (Å²) in [6.07, 6.45) is 0.0735. The van der Waals surface area contributed by atoms with Gasteiger partial charge in [0.05, 0.1) is 32.7 Å². The van der Waals surface area contributed by atoms with Crippen molar-refractivity contribution >= 4 is 35.8 Å². The molecule has 0 aliphatic carbocycles. The van der Waals surface area contributed by atoms with E-state index >= 15 is 0 Å². The molecule has 0 saturated carbocycles. The van der Waals surface area contributed by atoms with Crippen LogP contribution in [-0.4, -0.2) is 141 Å². The number of carbonyl (C=O) groups excluding carboxylic acids is 1. The Kier molecular flexibility index (Phi) is 15.6. The summed E-state index contributed by atoms with van der Waals surface area (Å²) in [5.41, 5.74) is 1.42. The maximum atomic E-state index is 12.1. The van der Waals surface area contributed by atoms with Crippen LogP contribution in [0, 0.1) is 0 Å². The van der Waals surface area contributed by atoms with Gasteiger partial charge in [-0.2, -0.15) is 0 Å². The highest BCUT2D eigenvalue weighted by Gasteiger charge is 2.27. The van der Waals surface area contributed by atoms with Gasteiger partial charge in [0, 0.05) is 25.7 Å². The van der Waals surface area contributed by atoms with Crippen LogP contribution in [-0.2, 0) is 46.5 Å². The molecule has 1 atom stereocenters. The first kappa shape index (κ1) is 37.1. The van der Waals surface area contributed by atoms with Crippen molar-refractivity contribution in [2.24, 2.45) is 0 Å². The van der Waals surface area contributed by atoms with E-state index in [-0.39, 0.29) is 39.3 Å².